The molecule has 6 nitrogen and oxygen atoms in total. The van der Waals surface area contributed by atoms with Crippen LogP contribution in [0.1, 0.15) is 64.9 Å². The Labute approximate surface area is 171 Å². The summed E-state index contributed by atoms with van der Waals surface area (Å²) in [6.07, 6.45) is 4.06. The number of ether oxygens (including phenoxy) is 3. The van der Waals surface area contributed by atoms with Gasteiger partial charge in [0.05, 0.1) is 19.8 Å². The van der Waals surface area contributed by atoms with E-state index in [-0.39, 0.29) is 12.4 Å². The van der Waals surface area contributed by atoms with Gasteiger partial charge in [-0.3, -0.25) is 4.79 Å². The number of nitrogens with one attached hydrogen (secondary N) is 1. The molecule has 0 saturated carbocycles. The molecular weight excluding hydrogens is 370 g/mol. The number of carbonyl (C=O) groups excluding carboxylic acids is 2. The lowest BCUT2D eigenvalue weighted by Crippen LogP contribution is -2.07. The minimum Gasteiger partial charge on any atom is -0.490 e. The maximum Gasteiger partial charge on any atom is 0.355 e. The van der Waals surface area contributed by atoms with E-state index in [1.54, 1.807) is 26.8 Å². The van der Waals surface area contributed by atoms with Gasteiger partial charge in [-0.05, 0) is 57.9 Å². The molecule has 0 aliphatic rings. The van der Waals surface area contributed by atoms with E-state index in [1.807, 2.05) is 32.0 Å². The lowest BCUT2D eigenvalue weighted by atomic mass is 10.0. The molecule has 0 aliphatic carbocycles. The minimum absolute atomic E-state index is 0.199. The Morgan fingerprint density at radius 3 is 2.48 bits per heavy atom. The van der Waals surface area contributed by atoms with Crippen molar-refractivity contribution in [2.24, 2.45) is 0 Å². The standard InChI is InChI=1S/C23H29NO5/c1-6-14-29-22-17(10-9-11-19(22)27-7-2)12-13-18(25)20-15(4)21(24-16(20)5)23(26)28-8-3/h9-13,24H,6-8,14H2,1-5H3/b13-12+. The van der Waals surface area contributed by atoms with Gasteiger partial charge in [0.15, 0.2) is 17.3 Å². The molecule has 0 amide bonds. The molecule has 0 radical (unpaired) electrons. The number of H-pyrrole nitrogens is 1. The Balaban J connectivity index is 2.34. The summed E-state index contributed by atoms with van der Waals surface area (Å²) in [4.78, 5) is 27.9. The first-order chi connectivity index (χ1) is 13.9. The summed E-state index contributed by atoms with van der Waals surface area (Å²) < 4.78 is 16.6. The quantitative estimate of drug-likeness (QED) is 0.350. The summed E-state index contributed by atoms with van der Waals surface area (Å²) in [7, 11) is 0. The zero-order chi connectivity index (χ0) is 21.4. The van der Waals surface area contributed by atoms with Gasteiger partial charge in [0, 0.05) is 16.8 Å². The average Bonchev–Trinajstić information content (AvgIpc) is 3.00. The van der Waals surface area contributed by atoms with Crippen molar-refractivity contribution in [2.75, 3.05) is 19.8 Å². The highest BCUT2D eigenvalue weighted by Crippen LogP contribution is 2.32. The van der Waals surface area contributed by atoms with Crippen LogP contribution in [0.25, 0.3) is 6.08 Å². The molecule has 2 rings (SSSR count). The molecule has 1 N–H and O–H groups in total. The number of benzene rings is 1. The molecule has 0 unspecified atom stereocenters. The lowest BCUT2D eigenvalue weighted by molar-refractivity contribution is 0.0519. The first-order valence-electron chi connectivity index (χ1n) is 9.91. The van der Waals surface area contributed by atoms with Crippen molar-refractivity contribution in [2.45, 2.75) is 41.0 Å². The predicted octanol–water partition coefficient (Wildman–Crippen LogP) is 4.89. The Kier molecular flexibility index (Phi) is 8.07. The van der Waals surface area contributed by atoms with E-state index in [1.165, 1.54) is 6.08 Å². The van der Waals surface area contributed by atoms with E-state index in [0.717, 1.165) is 12.0 Å². The molecule has 2 aromatic rings. The van der Waals surface area contributed by atoms with Crippen LogP contribution in [-0.2, 0) is 4.74 Å². The van der Waals surface area contributed by atoms with Crippen molar-refractivity contribution in [3.63, 3.8) is 0 Å². The Hall–Kier alpha value is -3.02. The molecule has 0 saturated heterocycles. The van der Waals surface area contributed by atoms with Gasteiger partial charge in [-0.25, -0.2) is 4.79 Å². The first kappa shape index (κ1) is 22.3. The average molecular weight is 399 g/mol. The van der Waals surface area contributed by atoms with Gasteiger partial charge in [-0.1, -0.05) is 19.1 Å². The van der Waals surface area contributed by atoms with E-state index in [9.17, 15) is 9.59 Å². The number of esters is 1. The van der Waals surface area contributed by atoms with Crippen LogP contribution in [0.3, 0.4) is 0 Å². The zero-order valence-electron chi connectivity index (χ0n) is 17.8. The molecule has 0 spiro atoms. The molecule has 0 fully saturated rings. The smallest absolute Gasteiger partial charge is 0.355 e. The normalized spacial score (nSPS) is 10.9. The monoisotopic (exact) mass is 399 g/mol. The predicted molar refractivity (Wildman–Crippen MR) is 113 cm³/mol. The van der Waals surface area contributed by atoms with Gasteiger partial charge in [0.25, 0.3) is 0 Å². The molecule has 0 atom stereocenters. The third-order valence-electron chi connectivity index (χ3n) is 4.34. The molecule has 156 valence electrons. The first-order valence-corrected chi connectivity index (χ1v) is 9.91. The SMILES string of the molecule is CCCOc1c(/C=C/C(=O)c2c(C)[nH]c(C(=O)OCC)c2C)cccc1OCC. The van der Waals surface area contributed by atoms with Gasteiger partial charge in [0.2, 0.25) is 0 Å². The third-order valence-corrected chi connectivity index (χ3v) is 4.34. The second-order valence-corrected chi connectivity index (χ2v) is 6.50. The molecule has 1 aromatic carbocycles. The van der Waals surface area contributed by atoms with E-state index >= 15 is 0 Å². The number of allylic oxidation sites excluding steroid dienone is 1. The summed E-state index contributed by atoms with van der Waals surface area (Å²) in [5.74, 6) is 0.606. The zero-order valence-corrected chi connectivity index (χ0v) is 17.8. The van der Waals surface area contributed by atoms with E-state index in [4.69, 9.17) is 14.2 Å². The number of aromatic nitrogens is 1. The van der Waals surface area contributed by atoms with Crippen LogP contribution in [0.15, 0.2) is 24.3 Å². The summed E-state index contributed by atoms with van der Waals surface area (Å²) in [5.41, 5.74) is 2.76. The van der Waals surface area contributed by atoms with Crippen molar-refractivity contribution in [1.29, 1.82) is 0 Å². The fourth-order valence-corrected chi connectivity index (χ4v) is 3.07. The molecule has 1 aromatic heterocycles. The molecule has 0 aliphatic heterocycles. The van der Waals surface area contributed by atoms with E-state index in [0.29, 0.717) is 47.2 Å². The van der Waals surface area contributed by atoms with Crippen LogP contribution in [0.4, 0.5) is 0 Å². The van der Waals surface area contributed by atoms with Crippen molar-refractivity contribution in [3.8, 4) is 11.5 Å². The van der Waals surface area contributed by atoms with Gasteiger partial charge >= 0.3 is 5.97 Å². The number of para-hydroxylation sites is 1. The number of carbonyl (C=O) groups is 2. The highest BCUT2D eigenvalue weighted by Gasteiger charge is 2.21. The number of hydrogen-bond acceptors (Lipinski definition) is 5. The van der Waals surface area contributed by atoms with Crippen molar-refractivity contribution < 1.29 is 23.8 Å². The largest absolute Gasteiger partial charge is 0.490 e. The number of hydrogen-bond donors (Lipinski definition) is 1. The number of rotatable bonds is 10. The van der Waals surface area contributed by atoms with Crippen molar-refractivity contribution >= 4 is 17.8 Å². The fraction of sp³-hybridized carbons (Fsp3) is 0.391. The number of aromatic amines is 1. The summed E-state index contributed by atoms with van der Waals surface area (Å²) in [6, 6.07) is 5.58. The Morgan fingerprint density at radius 2 is 1.83 bits per heavy atom. The summed E-state index contributed by atoms with van der Waals surface area (Å²) in [6.45, 7) is 10.5. The van der Waals surface area contributed by atoms with Crippen molar-refractivity contribution in [1.82, 2.24) is 4.98 Å². The van der Waals surface area contributed by atoms with Crippen molar-refractivity contribution in [3.05, 3.63) is 52.4 Å². The fourth-order valence-electron chi connectivity index (χ4n) is 3.07. The van der Waals surface area contributed by atoms with Crippen LogP contribution >= 0.6 is 0 Å². The van der Waals surface area contributed by atoms with E-state index < -0.39 is 5.97 Å². The van der Waals surface area contributed by atoms with Crippen LogP contribution in [0, 0.1) is 13.8 Å². The highest BCUT2D eigenvalue weighted by atomic mass is 16.5. The van der Waals surface area contributed by atoms with Crippen LogP contribution in [0.2, 0.25) is 0 Å². The van der Waals surface area contributed by atoms with Crippen LogP contribution in [0.5, 0.6) is 11.5 Å². The summed E-state index contributed by atoms with van der Waals surface area (Å²) >= 11 is 0. The Bertz CT molecular complexity index is 895. The lowest BCUT2D eigenvalue weighted by Gasteiger charge is -2.13. The molecule has 0 bridgehead atoms. The van der Waals surface area contributed by atoms with Gasteiger partial charge < -0.3 is 19.2 Å². The summed E-state index contributed by atoms with van der Waals surface area (Å²) in [5, 5.41) is 0. The maximum absolute atomic E-state index is 12.9. The van der Waals surface area contributed by atoms with Crippen LogP contribution < -0.4 is 9.47 Å². The molecular formula is C23H29NO5. The second kappa shape index (κ2) is 10.5. The second-order valence-electron chi connectivity index (χ2n) is 6.50. The molecule has 1 heterocycles. The number of ketones is 1. The Morgan fingerprint density at radius 1 is 1.07 bits per heavy atom. The third kappa shape index (κ3) is 5.28. The molecule has 6 heteroatoms. The maximum atomic E-state index is 12.9. The minimum atomic E-state index is -0.462. The topological polar surface area (TPSA) is 77.6 Å². The van der Waals surface area contributed by atoms with Gasteiger partial charge in [-0.2, -0.15) is 0 Å². The van der Waals surface area contributed by atoms with E-state index in [2.05, 4.69) is 4.98 Å². The van der Waals surface area contributed by atoms with Crippen LogP contribution in [-0.4, -0.2) is 36.6 Å². The highest BCUT2D eigenvalue weighted by molar-refractivity contribution is 6.10. The number of aryl methyl sites for hydroxylation is 1. The molecule has 29 heavy (non-hydrogen) atoms. The van der Waals surface area contributed by atoms with Gasteiger partial charge in [-0.15, -0.1) is 0 Å². The van der Waals surface area contributed by atoms with Gasteiger partial charge in [0.1, 0.15) is 5.69 Å².